The number of hydrogen-bond acceptors (Lipinski definition) is 5. The van der Waals surface area contributed by atoms with Crippen molar-refractivity contribution in [2.75, 3.05) is 18.5 Å². The van der Waals surface area contributed by atoms with Crippen LogP contribution in [0.1, 0.15) is 6.92 Å². The fourth-order valence-electron chi connectivity index (χ4n) is 2.58. The summed E-state index contributed by atoms with van der Waals surface area (Å²) in [7, 11) is 0. The lowest BCUT2D eigenvalue weighted by Gasteiger charge is -2.19. The zero-order chi connectivity index (χ0) is 17.2. The molecule has 6 nitrogen and oxygen atoms in total. The van der Waals surface area contributed by atoms with Gasteiger partial charge in [0.2, 0.25) is 5.91 Å². The number of amides is 1. The average Bonchev–Trinajstić information content (AvgIpc) is 3.04. The Kier molecular flexibility index (Phi) is 4.23. The molecule has 0 saturated heterocycles. The number of pyridine rings is 1. The van der Waals surface area contributed by atoms with Crippen LogP contribution in [-0.2, 0) is 4.79 Å². The second-order valence-corrected chi connectivity index (χ2v) is 6.95. The summed E-state index contributed by atoms with van der Waals surface area (Å²) >= 11 is 1.42. The molecule has 1 aromatic carbocycles. The first-order valence-corrected chi connectivity index (χ1v) is 8.88. The summed E-state index contributed by atoms with van der Waals surface area (Å²) in [6.07, 6.45) is 3.74. The summed E-state index contributed by atoms with van der Waals surface area (Å²) in [6.45, 7) is 2.93. The van der Waals surface area contributed by atoms with Gasteiger partial charge in [0.05, 0.1) is 17.0 Å². The Morgan fingerprint density at radius 1 is 1.24 bits per heavy atom. The number of hydrogen-bond donors (Lipinski definition) is 1. The SMILES string of the molecule is CC(Sc1ncc2ccccn12)C(=O)Nc1ccc2c(c1)OCCO2. The Labute approximate surface area is 149 Å². The van der Waals surface area contributed by atoms with Gasteiger partial charge < -0.3 is 14.8 Å². The van der Waals surface area contributed by atoms with Crippen LogP contribution < -0.4 is 14.8 Å². The Morgan fingerprint density at radius 3 is 2.96 bits per heavy atom. The largest absolute Gasteiger partial charge is 0.486 e. The Balaban J connectivity index is 1.45. The number of benzene rings is 1. The predicted octanol–water partition coefficient (Wildman–Crippen LogP) is 3.22. The van der Waals surface area contributed by atoms with Gasteiger partial charge in [-0.15, -0.1) is 0 Å². The van der Waals surface area contributed by atoms with E-state index in [1.165, 1.54) is 11.8 Å². The van der Waals surface area contributed by atoms with Gasteiger partial charge in [0.1, 0.15) is 13.2 Å². The van der Waals surface area contributed by atoms with Crippen molar-refractivity contribution in [3.8, 4) is 11.5 Å². The Bertz CT molecular complexity index is 925. The van der Waals surface area contributed by atoms with Crippen LogP contribution >= 0.6 is 11.8 Å². The van der Waals surface area contributed by atoms with Crippen molar-refractivity contribution < 1.29 is 14.3 Å². The minimum atomic E-state index is -0.293. The third kappa shape index (κ3) is 3.28. The monoisotopic (exact) mass is 355 g/mol. The second-order valence-electron chi connectivity index (χ2n) is 5.64. The number of carbonyl (C=O) groups is 1. The van der Waals surface area contributed by atoms with E-state index < -0.39 is 0 Å². The highest BCUT2D eigenvalue weighted by molar-refractivity contribution is 8.00. The van der Waals surface area contributed by atoms with Gasteiger partial charge in [0.25, 0.3) is 0 Å². The lowest BCUT2D eigenvalue weighted by atomic mass is 10.2. The van der Waals surface area contributed by atoms with Crippen LogP contribution in [0.5, 0.6) is 11.5 Å². The van der Waals surface area contributed by atoms with Crippen LogP contribution in [0.2, 0.25) is 0 Å². The maximum Gasteiger partial charge on any atom is 0.237 e. The molecule has 3 aromatic rings. The van der Waals surface area contributed by atoms with E-state index in [2.05, 4.69) is 10.3 Å². The van der Waals surface area contributed by atoms with Gasteiger partial charge in [-0.1, -0.05) is 17.8 Å². The van der Waals surface area contributed by atoms with Crippen molar-refractivity contribution in [1.29, 1.82) is 0 Å². The normalized spacial score (nSPS) is 14.3. The first-order chi connectivity index (χ1) is 12.2. The first-order valence-electron chi connectivity index (χ1n) is 8.00. The minimum Gasteiger partial charge on any atom is -0.486 e. The Hall–Kier alpha value is -2.67. The molecule has 0 spiro atoms. The molecule has 2 aromatic heterocycles. The van der Waals surface area contributed by atoms with E-state index in [4.69, 9.17) is 9.47 Å². The number of carbonyl (C=O) groups excluding carboxylic acids is 1. The van der Waals surface area contributed by atoms with Crippen LogP contribution in [0.25, 0.3) is 5.52 Å². The number of imidazole rings is 1. The molecule has 0 fully saturated rings. The molecule has 1 N–H and O–H groups in total. The highest BCUT2D eigenvalue weighted by Crippen LogP contribution is 2.33. The number of rotatable bonds is 4. The molecule has 1 atom stereocenters. The van der Waals surface area contributed by atoms with Gasteiger partial charge in [-0.25, -0.2) is 4.98 Å². The van der Waals surface area contributed by atoms with E-state index in [0.717, 1.165) is 10.7 Å². The lowest BCUT2D eigenvalue weighted by Crippen LogP contribution is -2.23. The van der Waals surface area contributed by atoms with Gasteiger partial charge in [-0.2, -0.15) is 0 Å². The van der Waals surface area contributed by atoms with Crippen molar-refractivity contribution in [2.45, 2.75) is 17.3 Å². The number of nitrogens with zero attached hydrogens (tertiary/aromatic N) is 2. The standard InChI is InChI=1S/C18H17N3O3S/c1-12(25-18-19-11-14-4-2-3-7-21(14)18)17(22)20-13-5-6-15-16(10-13)24-9-8-23-15/h2-7,10-12H,8-9H2,1H3,(H,20,22). The summed E-state index contributed by atoms with van der Waals surface area (Å²) < 4.78 is 13.0. The van der Waals surface area contributed by atoms with Crippen LogP contribution in [-0.4, -0.2) is 33.8 Å². The van der Waals surface area contributed by atoms with E-state index >= 15 is 0 Å². The van der Waals surface area contributed by atoms with E-state index in [0.29, 0.717) is 30.4 Å². The molecular weight excluding hydrogens is 338 g/mol. The molecule has 25 heavy (non-hydrogen) atoms. The molecule has 1 aliphatic heterocycles. The number of aromatic nitrogens is 2. The predicted molar refractivity (Wildman–Crippen MR) is 96.6 cm³/mol. The third-order valence-corrected chi connectivity index (χ3v) is 4.95. The number of nitrogens with one attached hydrogen (secondary N) is 1. The fraction of sp³-hybridized carbons (Fsp3) is 0.222. The van der Waals surface area contributed by atoms with E-state index in [1.54, 1.807) is 12.3 Å². The molecule has 1 amide bonds. The molecule has 1 unspecified atom stereocenters. The van der Waals surface area contributed by atoms with Crippen molar-refractivity contribution >= 4 is 28.9 Å². The molecule has 0 bridgehead atoms. The van der Waals surface area contributed by atoms with Crippen LogP contribution in [0.3, 0.4) is 0 Å². The van der Waals surface area contributed by atoms with Crippen molar-refractivity contribution in [1.82, 2.24) is 9.38 Å². The van der Waals surface area contributed by atoms with E-state index in [1.807, 2.05) is 47.9 Å². The highest BCUT2D eigenvalue weighted by atomic mass is 32.2. The van der Waals surface area contributed by atoms with Gasteiger partial charge in [-0.3, -0.25) is 9.20 Å². The average molecular weight is 355 g/mol. The van der Waals surface area contributed by atoms with Crippen molar-refractivity contribution in [2.24, 2.45) is 0 Å². The fourth-order valence-corrected chi connectivity index (χ4v) is 3.46. The maximum absolute atomic E-state index is 12.5. The number of anilines is 1. The molecule has 0 aliphatic carbocycles. The van der Waals surface area contributed by atoms with Crippen LogP contribution in [0.15, 0.2) is 53.9 Å². The summed E-state index contributed by atoms with van der Waals surface area (Å²) in [6, 6.07) is 11.3. The molecular formula is C18H17N3O3S. The van der Waals surface area contributed by atoms with Crippen LogP contribution in [0.4, 0.5) is 5.69 Å². The molecule has 4 rings (SSSR count). The topological polar surface area (TPSA) is 64.9 Å². The maximum atomic E-state index is 12.5. The van der Waals surface area contributed by atoms with E-state index in [9.17, 15) is 4.79 Å². The minimum absolute atomic E-state index is 0.0886. The number of thioether (sulfide) groups is 1. The first kappa shape index (κ1) is 15.8. The van der Waals surface area contributed by atoms with Crippen molar-refractivity contribution in [3.05, 3.63) is 48.8 Å². The molecule has 0 saturated carbocycles. The summed E-state index contributed by atoms with van der Waals surface area (Å²) in [4.78, 5) is 16.9. The highest BCUT2D eigenvalue weighted by Gasteiger charge is 2.19. The third-order valence-electron chi connectivity index (χ3n) is 3.87. The molecule has 128 valence electrons. The van der Waals surface area contributed by atoms with E-state index in [-0.39, 0.29) is 11.2 Å². The molecule has 0 radical (unpaired) electrons. The summed E-state index contributed by atoms with van der Waals surface area (Å²) in [5, 5.41) is 3.42. The summed E-state index contributed by atoms with van der Waals surface area (Å²) in [5.74, 6) is 1.27. The summed E-state index contributed by atoms with van der Waals surface area (Å²) in [5.41, 5.74) is 1.69. The lowest BCUT2D eigenvalue weighted by molar-refractivity contribution is -0.115. The van der Waals surface area contributed by atoms with Crippen molar-refractivity contribution in [3.63, 3.8) is 0 Å². The van der Waals surface area contributed by atoms with Gasteiger partial charge in [-0.05, 0) is 31.2 Å². The molecule has 7 heteroatoms. The molecule has 1 aliphatic rings. The number of ether oxygens (including phenoxy) is 2. The Morgan fingerprint density at radius 2 is 2.08 bits per heavy atom. The second kappa shape index (κ2) is 6.68. The number of fused-ring (bicyclic) bond motifs is 2. The zero-order valence-corrected chi connectivity index (χ0v) is 14.5. The van der Waals surface area contributed by atoms with Gasteiger partial charge >= 0.3 is 0 Å². The quantitative estimate of drug-likeness (QED) is 0.728. The van der Waals surface area contributed by atoms with Gasteiger partial charge in [0, 0.05) is 18.0 Å². The zero-order valence-electron chi connectivity index (χ0n) is 13.6. The van der Waals surface area contributed by atoms with Crippen LogP contribution in [0, 0.1) is 0 Å². The molecule has 3 heterocycles. The smallest absolute Gasteiger partial charge is 0.237 e. The van der Waals surface area contributed by atoms with Gasteiger partial charge in [0.15, 0.2) is 16.7 Å².